The largest absolute Gasteiger partial charge is 0.504 e. The Balaban J connectivity index is 1.42. The fraction of sp³-hybridized carbons (Fsp3) is 0.636. The smallest absolute Gasteiger partial charge is 0.455 e. The number of rotatable bonds is 9. The van der Waals surface area contributed by atoms with Crippen LogP contribution in [0, 0.1) is 27.2 Å². The van der Waals surface area contributed by atoms with Crippen LogP contribution in [0.15, 0.2) is 28.9 Å². The van der Waals surface area contributed by atoms with Crippen LogP contribution in [0.1, 0.15) is 90.5 Å². The molecule has 0 spiro atoms. The number of aromatic hydroxyl groups is 1. The van der Waals surface area contributed by atoms with Crippen molar-refractivity contribution in [3.63, 3.8) is 0 Å². The molecule has 2 amide bonds. The van der Waals surface area contributed by atoms with Gasteiger partial charge in [0.1, 0.15) is 0 Å². The fourth-order valence-corrected chi connectivity index (χ4v) is 8.57. The summed E-state index contributed by atoms with van der Waals surface area (Å²) < 4.78 is 12.4. The van der Waals surface area contributed by atoms with E-state index in [9.17, 15) is 19.7 Å². The number of imide groups is 1. The SMILES string of the molecule is CCC/C(=C\c1cc(I)c(O)c(OC)c1)CC[C@H]1OB(O)C[C@H]2C1=C(C(C)C)C[C@H]1C(=O)N(C3CCCCC3)C(=O)[C@H]12. The zero-order valence-corrected chi connectivity index (χ0v) is 27.6. The molecule has 2 aliphatic carbocycles. The van der Waals surface area contributed by atoms with E-state index in [1.807, 2.05) is 12.1 Å². The third-order valence-corrected chi connectivity index (χ3v) is 10.7. The number of phenols is 1. The number of carbonyl (C=O) groups is 2. The van der Waals surface area contributed by atoms with E-state index in [0.29, 0.717) is 24.9 Å². The maximum absolute atomic E-state index is 14.0. The van der Waals surface area contributed by atoms with E-state index >= 15 is 0 Å². The number of methoxy groups -OCH3 is 1. The van der Waals surface area contributed by atoms with Gasteiger partial charge in [0.2, 0.25) is 11.8 Å². The molecule has 0 aromatic heterocycles. The summed E-state index contributed by atoms with van der Waals surface area (Å²) in [6.07, 6.45) is 11.4. The first-order valence-corrected chi connectivity index (χ1v) is 16.9. The fourth-order valence-electron chi connectivity index (χ4n) is 7.95. The van der Waals surface area contributed by atoms with Crippen LogP contribution in [-0.4, -0.2) is 53.2 Å². The van der Waals surface area contributed by atoms with E-state index < -0.39 is 13.0 Å². The van der Waals surface area contributed by atoms with E-state index in [1.54, 1.807) is 12.0 Å². The summed E-state index contributed by atoms with van der Waals surface area (Å²) in [5.74, 6) is -0.0543. The third-order valence-electron chi connectivity index (χ3n) is 9.86. The number of hydrogen-bond donors (Lipinski definition) is 2. The highest BCUT2D eigenvalue weighted by Crippen LogP contribution is 2.52. The minimum absolute atomic E-state index is 0.0127. The molecular weight excluding hydrogens is 644 g/mol. The van der Waals surface area contributed by atoms with Crippen molar-refractivity contribution in [3.05, 3.63) is 38.0 Å². The molecule has 7 nitrogen and oxygen atoms in total. The second-order valence-corrected chi connectivity index (χ2v) is 14.0. The van der Waals surface area contributed by atoms with Gasteiger partial charge in [0, 0.05) is 6.04 Å². The number of benzene rings is 1. The standard InChI is InChI=1S/C33H45BINO6/c1-5-9-20(14-21-15-26(35)31(37)28(16-21)41-4)12-13-27-29-23(19(2)3)17-24-30(25(29)18-34(40)42-27)33(39)36(32(24)38)22-10-7-6-8-11-22/h14-16,19,22,24-25,27,30,37,40H,5-13,17-18H2,1-4H3/b20-14+/t24-,25+,27-,30-/m1/s1. The van der Waals surface area contributed by atoms with Crippen molar-refractivity contribution in [2.45, 2.75) is 103 Å². The number of carbonyl (C=O) groups excluding carboxylic acids is 2. The molecule has 1 saturated carbocycles. The minimum Gasteiger partial charge on any atom is -0.504 e. The molecule has 9 heteroatoms. The minimum atomic E-state index is -0.955. The Kier molecular flexibility index (Phi) is 10.1. The average molecular weight is 689 g/mol. The molecule has 2 heterocycles. The lowest BCUT2D eigenvalue weighted by Crippen LogP contribution is -2.47. The van der Waals surface area contributed by atoms with Crippen molar-refractivity contribution in [1.82, 2.24) is 4.90 Å². The van der Waals surface area contributed by atoms with Gasteiger partial charge in [-0.15, -0.1) is 0 Å². The Morgan fingerprint density at radius 3 is 2.57 bits per heavy atom. The molecule has 0 radical (unpaired) electrons. The summed E-state index contributed by atoms with van der Waals surface area (Å²) in [7, 11) is 0.601. The highest BCUT2D eigenvalue weighted by molar-refractivity contribution is 14.1. The first kappa shape index (κ1) is 31.6. The Bertz CT molecular complexity index is 1260. The van der Waals surface area contributed by atoms with Crippen LogP contribution in [0.5, 0.6) is 11.5 Å². The number of likely N-dealkylation sites (tertiary alicyclic amines) is 1. The van der Waals surface area contributed by atoms with Crippen LogP contribution in [0.2, 0.25) is 6.32 Å². The predicted molar refractivity (Wildman–Crippen MR) is 173 cm³/mol. The first-order valence-electron chi connectivity index (χ1n) is 15.8. The lowest BCUT2D eigenvalue weighted by molar-refractivity contribution is -0.143. The number of allylic oxidation sites excluding steroid dienone is 2. The lowest BCUT2D eigenvalue weighted by atomic mass is 9.57. The van der Waals surface area contributed by atoms with Crippen molar-refractivity contribution in [1.29, 1.82) is 0 Å². The Morgan fingerprint density at radius 1 is 1.17 bits per heavy atom. The molecule has 0 bridgehead atoms. The number of phenolic OH excluding ortho intramolecular Hbond substituents is 1. The molecule has 0 unspecified atom stereocenters. The molecule has 2 saturated heterocycles. The summed E-state index contributed by atoms with van der Waals surface area (Å²) >= 11 is 2.12. The first-order chi connectivity index (χ1) is 20.1. The highest BCUT2D eigenvalue weighted by atomic mass is 127. The molecule has 1 aromatic carbocycles. The van der Waals surface area contributed by atoms with Crippen molar-refractivity contribution < 1.29 is 29.1 Å². The number of hydrogen-bond acceptors (Lipinski definition) is 6. The second-order valence-electron chi connectivity index (χ2n) is 12.9. The third kappa shape index (κ3) is 6.20. The van der Waals surface area contributed by atoms with Gasteiger partial charge >= 0.3 is 7.12 Å². The Morgan fingerprint density at radius 2 is 1.90 bits per heavy atom. The summed E-state index contributed by atoms with van der Waals surface area (Å²) in [6, 6.07) is 3.83. The van der Waals surface area contributed by atoms with E-state index in [4.69, 9.17) is 9.39 Å². The van der Waals surface area contributed by atoms with Crippen LogP contribution in [-0.2, 0) is 14.2 Å². The molecule has 42 heavy (non-hydrogen) atoms. The number of nitrogens with zero attached hydrogens (tertiary/aromatic N) is 1. The van der Waals surface area contributed by atoms with Crippen molar-refractivity contribution in [2.24, 2.45) is 23.7 Å². The molecule has 5 rings (SSSR count). The number of halogens is 1. The van der Waals surface area contributed by atoms with Gasteiger partial charge in [0.05, 0.1) is 28.6 Å². The van der Waals surface area contributed by atoms with Crippen molar-refractivity contribution in [3.8, 4) is 11.5 Å². The number of ether oxygens (including phenoxy) is 1. The molecule has 1 aromatic rings. The van der Waals surface area contributed by atoms with Crippen LogP contribution in [0.25, 0.3) is 6.08 Å². The molecule has 2 aliphatic heterocycles. The van der Waals surface area contributed by atoms with Gasteiger partial charge < -0.3 is 19.5 Å². The molecule has 3 fully saturated rings. The van der Waals surface area contributed by atoms with Crippen molar-refractivity contribution in [2.75, 3.05) is 7.11 Å². The van der Waals surface area contributed by atoms with Gasteiger partial charge in [-0.05, 0) is 103 Å². The molecular formula is C33H45BINO6. The van der Waals surface area contributed by atoms with Gasteiger partial charge in [-0.2, -0.15) is 0 Å². The van der Waals surface area contributed by atoms with Crippen LogP contribution in [0.3, 0.4) is 0 Å². The Labute approximate surface area is 264 Å². The molecule has 4 aliphatic rings. The van der Waals surface area contributed by atoms with Crippen LogP contribution < -0.4 is 4.74 Å². The van der Waals surface area contributed by atoms with Gasteiger partial charge in [0.15, 0.2) is 11.5 Å². The van der Waals surface area contributed by atoms with Crippen LogP contribution in [0.4, 0.5) is 0 Å². The normalized spacial score (nSPS) is 27.2. The van der Waals surface area contributed by atoms with Gasteiger partial charge in [0.25, 0.3) is 0 Å². The van der Waals surface area contributed by atoms with Gasteiger partial charge in [-0.1, -0.05) is 63.7 Å². The van der Waals surface area contributed by atoms with Gasteiger partial charge in [-0.25, -0.2) is 0 Å². The quantitative estimate of drug-likeness (QED) is 0.129. The van der Waals surface area contributed by atoms with Gasteiger partial charge in [-0.3, -0.25) is 14.5 Å². The molecule has 228 valence electrons. The summed E-state index contributed by atoms with van der Waals surface area (Å²) in [5, 5.41) is 21.2. The molecule has 2 N–H and O–H groups in total. The molecule has 4 atom stereocenters. The zero-order valence-electron chi connectivity index (χ0n) is 25.4. The zero-order chi connectivity index (χ0) is 30.1. The van der Waals surface area contributed by atoms with E-state index in [0.717, 1.165) is 54.1 Å². The summed E-state index contributed by atoms with van der Waals surface area (Å²) in [5.41, 5.74) is 4.64. The topological polar surface area (TPSA) is 96.3 Å². The monoisotopic (exact) mass is 689 g/mol. The summed E-state index contributed by atoms with van der Waals surface area (Å²) in [4.78, 5) is 29.4. The number of amides is 2. The number of fused-ring (bicyclic) bond motifs is 3. The predicted octanol–water partition coefficient (Wildman–Crippen LogP) is 6.75. The lowest BCUT2D eigenvalue weighted by Gasteiger charge is -2.44. The van der Waals surface area contributed by atoms with Crippen molar-refractivity contribution >= 4 is 47.6 Å². The summed E-state index contributed by atoms with van der Waals surface area (Å²) in [6.45, 7) is 6.50. The maximum Gasteiger partial charge on any atom is 0.455 e. The second kappa shape index (κ2) is 13.4. The average Bonchev–Trinajstić information content (AvgIpc) is 3.22. The van der Waals surface area contributed by atoms with E-state index in [-0.39, 0.29) is 47.5 Å². The van der Waals surface area contributed by atoms with Crippen LogP contribution >= 0.6 is 22.6 Å². The highest BCUT2D eigenvalue weighted by Gasteiger charge is 2.58. The van der Waals surface area contributed by atoms with E-state index in [2.05, 4.69) is 49.4 Å². The van der Waals surface area contributed by atoms with E-state index in [1.165, 1.54) is 23.1 Å². The maximum atomic E-state index is 14.0. The Hall–Kier alpha value is -1.85.